The second kappa shape index (κ2) is 5.15. The number of nitrogens with one attached hydrogen (secondary N) is 1. The largest absolute Gasteiger partial charge is 0.310 e. The Hall–Kier alpha value is -0.600. The van der Waals surface area contributed by atoms with Crippen LogP contribution in [0.1, 0.15) is 37.8 Å². The van der Waals surface area contributed by atoms with Crippen LogP contribution in [-0.4, -0.2) is 6.54 Å². The topological polar surface area (TPSA) is 12.0 Å². The van der Waals surface area contributed by atoms with Crippen LogP contribution in [0.15, 0.2) is 18.2 Å². The molecule has 1 unspecified atom stereocenters. The van der Waals surface area contributed by atoms with Crippen molar-refractivity contribution in [3.8, 4) is 0 Å². The third-order valence-electron chi connectivity index (χ3n) is 3.38. The van der Waals surface area contributed by atoms with E-state index in [1.54, 1.807) is 6.07 Å². The lowest BCUT2D eigenvalue weighted by molar-refractivity contribution is 0.292. The average molecular weight is 242 g/mol. The lowest BCUT2D eigenvalue weighted by Crippen LogP contribution is -2.29. The summed E-state index contributed by atoms with van der Waals surface area (Å²) < 4.78 is 13.3. The van der Waals surface area contributed by atoms with Gasteiger partial charge >= 0.3 is 0 Å². The Morgan fingerprint density at radius 3 is 2.81 bits per heavy atom. The SMILES string of the molecule is CC(NCC1CCC1)c1ccc(Cl)c(F)c1. The fourth-order valence-electron chi connectivity index (χ4n) is 1.94. The fourth-order valence-corrected chi connectivity index (χ4v) is 2.06. The van der Waals surface area contributed by atoms with Gasteiger partial charge in [-0.05, 0) is 49.9 Å². The predicted octanol–water partition coefficient (Wildman–Crippen LogP) is 3.93. The summed E-state index contributed by atoms with van der Waals surface area (Å²) in [4.78, 5) is 0. The van der Waals surface area contributed by atoms with Crippen molar-refractivity contribution in [3.05, 3.63) is 34.6 Å². The molecule has 0 amide bonds. The van der Waals surface area contributed by atoms with Gasteiger partial charge in [0.1, 0.15) is 5.82 Å². The Bertz CT molecular complexity index is 363. The van der Waals surface area contributed by atoms with Gasteiger partial charge in [0.25, 0.3) is 0 Å². The molecule has 0 saturated heterocycles. The molecule has 0 heterocycles. The summed E-state index contributed by atoms with van der Waals surface area (Å²) in [7, 11) is 0. The quantitative estimate of drug-likeness (QED) is 0.842. The molecule has 1 atom stereocenters. The smallest absolute Gasteiger partial charge is 0.142 e. The van der Waals surface area contributed by atoms with Gasteiger partial charge in [0.15, 0.2) is 0 Å². The van der Waals surface area contributed by atoms with E-state index in [9.17, 15) is 4.39 Å². The van der Waals surface area contributed by atoms with Crippen LogP contribution in [-0.2, 0) is 0 Å². The highest BCUT2D eigenvalue weighted by molar-refractivity contribution is 6.30. The van der Waals surface area contributed by atoms with Crippen LogP contribution < -0.4 is 5.32 Å². The summed E-state index contributed by atoms with van der Waals surface area (Å²) in [5.74, 6) is 0.482. The molecule has 1 aliphatic rings. The average Bonchev–Trinajstić information content (AvgIpc) is 2.19. The molecule has 1 fully saturated rings. The molecule has 16 heavy (non-hydrogen) atoms. The zero-order valence-electron chi connectivity index (χ0n) is 9.47. The van der Waals surface area contributed by atoms with Crippen LogP contribution in [0.25, 0.3) is 0 Å². The van der Waals surface area contributed by atoms with E-state index in [1.165, 1.54) is 25.3 Å². The van der Waals surface area contributed by atoms with Crippen LogP contribution in [0.5, 0.6) is 0 Å². The molecule has 0 aromatic heterocycles. The van der Waals surface area contributed by atoms with Gasteiger partial charge in [-0.15, -0.1) is 0 Å². The van der Waals surface area contributed by atoms with E-state index in [0.29, 0.717) is 0 Å². The second-order valence-corrected chi connectivity index (χ2v) is 5.01. The van der Waals surface area contributed by atoms with E-state index in [4.69, 9.17) is 11.6 Å². The van der Waals surface area contributed by atoms with E-state index < -0.39 is 0 Å². The van der Waals surface area contributed by atoms with Crippen molar-refractivity contribution in [1.82, 2.24) is 5.32 Å². The maximum atomic E-state index is 13.3. The zero-order valence-corrected chi connectivity index (χ0v) is 10.2. The highest BCUT2D eigenvalue weighted by Gasteiger charge is 2.18. The van der Waals surface area contributed by atoms with Crippen LogP contribution in [0.4, 0.5) is 4.39 Å². The van der Waals surface area contributed by atoms with E-state index in [-0.39, 0.29) is 16.9 Å². The van der Waals surface area contributed by atoms with Crippen molar-refractivity contribution in [2.45, 2.75) is 32.2 Å². The van der Waals surface area contributed by atoms with Gasteiger partial charge in [-0.25, -0.2) is 4.39 Å². The van der Waals surface area contributed by atoms with Crippen molar-refractivity contribution in [1.29, 1.82) is 0 Å². The van der Waals surface area contributed by atoms with Crippen LogP contribution >= 0.6 is 11.6 Å². The summed E-state index contributed by atoms with van der Waals surface area (Å²) >= 11 is 5.65. The molecular formula is C13H17ClFN. The molecule has 3 heteroatoms. The first-order chi connectivity index (χ1) is 7.66. The van der Waals surface area contributed by atoms with E-state index in [0.717, 1.165) is 18.0 Å². The predicted molar refractivity (Wildman–Crippen MR) is 65.2 cm³/mol. The van der Waals surface area contributed by atoms with Crippen molar-refractivity contribution < 1.29 is 4.39 Å². The minimum absolute atomic E-state index is 0.187. The first-order valence-electron chi connectivity index (χ1n) is 5.85. The van der Waals surface area contributed by atoms with Crippen molar-refractivity contribution in [2.24, 2.45) is 5.92 Å². The standard InChI is InChI=1S/C13H17ClFN/c1-9(16-8-10-3-2-4-10)11-5-6-12(14)13(15)7-11/h5-7,9-10,16H,2-4,8H2,1H3. The van der Waals surface area contributed by atoms with Gasteiger partial charge < -0.3 is 5.32 Å². The van der Waals surface area contributed by atoms with Crippen LogP contribution in [0.3, 0.4) is 0 Å². The minimum atomic E-state index is -0.337. The fraction of sp³-hybridized carbons (Fsp3) is 0.538. The highest BCUT2D eigenvalue weighted by Crippen LogP contribution is 2.26. The first-order valence-corrected chi connectivity index (χ1v) is 6.23. The molecule has 88 valence electrons. The van der Waals surface area contributed by atoms with E-state index in [1.807, 2.05) is 6.07 Å². The molecular weight excluding hydrogens is 225 g/mol. The van der Waals surface area contributed by atoms with Gasteiger partial charge in [0.2, 0.25) is 0 Å². The van der Waals surface area contributed by atoms with Gasteiger partial charge in [-0.2, -0.15) is 0 Å². The van der Waals surface area contributed by atoms with Gasteiger partial charge in [0, 0.05) is 6.04 Å². The Morgan fingerprint density at radius 2 is 2.25 bits per heavy atom. The third-order valence-corrected chi connectivity index (χ3v) is 3.69. The highest BCUT2D eigenvalue weighted by atomic mass is 35.5. The van der Waals surface area contributed by atoms with Crippen molar-refractivity contribution >= 4 is 11.6 Å². The number of benzene rings is 1. The molecule has 1 N–H and O–H groups in total. The molecule has 0 radical (unpaired) electrons. The van der Waals surface area contributed by atoms with Crippen LogP contribution in [0.2, 0.25) is 5.02 Å². The Morgan fingerprint density at radius 1 is 1.50 bits per heavy atom. The van der Waals surface area contributed by atoms with E-state index >= 15 is 0 Å². The normalized spacial score (nSPS) is 18.2. The lowest BCUT2D eigenvalue weighted by Gasteiger charge is -2.27. The summed E-state index contributed by atoms with van der Waals surface area (Å²) in [6.07, 6.45) is 4.01. The van der Waals surface area contributed by atoms with Gasteiger partial charge in [-0.1, -0.05) is 24.1 Å². The minimum Gasteiger partial charge on any atom is -0.310 e. The van der Waals surface area contributed by atoms with Crippen molar-refractivity contribution in [3.63, 3.8) is 0 Å². The lowest BCUT2D eigenvalue weighted by atomic mass is 9.85. The maximum Gasteiger partial charge on any atom is 0.142 e. The number of halogens is 2. The number of hydrogen-bond acceptors (Lipinski definition) is 1. The summed E-state index contributed by atoms with van der Waals surface area (Å²) in [5, 5.41) is 3.63. The van der Waals surface area contributed by atoms with Crippen LogP contribution in [0, 0.1) is 11.7 Å². The summed E-state index contributed by atoms with van der Waals surface area (Å²) in [6.45, 7) is 3.09. The Labute approximate surface area is 101 Å². The number of rotatable bonds is 4. The molecule has 1 saturated carbocycles. The molecule has 1 nitrogen and oxygen atoms in total. The summed E-state index contributed by atoms with van der Waals surface area (Å²) in [5.41, 5.74) is 0.959. The van der Waals surface area contributed by atoms with Gasteiger partial charge in [0.05, 0.1) is 5.02 Å². The molecule has 0 aliphatic heterocycles. The molecule has 2 rings (SSSR count). The Balaban J connectivity index is 1.91. The maximum absolute atomic E-state index is 13.3. The number of hydrogen-bond donors (Lipinski definition) is 1. The molecule has 1 aromatic carbocycles. The van der Waals surface area contributed by atoms with Gasteiger partial charge in [-0.3, -0.25) is 0 Å². The zero-order chi connectivity index (χ0) is 11.5. The summed E-state index contributed by atoms with van der Waals surface area (Å²) in [6, 6.07) is 5.20. The molecule has 1 aromatic rings. The first kappa shape index (κ1) is 11.9. The second-order valence-electron chi connectivity index (χ2n) is 4.60. The Kier molecular flexibility index (Phi) is 3.82. The third kappa shape index (κ3) is 2.74. The molecule has 0 spiro atoms. The molecule has 0 bridgehead atoms. The van der Waals surface area contributed by atoms with Crippen molar-refractivity contribution in [2.75, 3.05) is 6.54 Å². The van der Waals surface area contributed by atoms with E-state index in [2.05, 4.69) is 12.2 Å². The monoisotopic (exact) mass is 241 g/mol. The molecule has 1 aliphatic carbocycles.